The van der Waals surface area contributed by atoms with Crippen molar-refractivity contribution in [2.75, 3.05) is 36.2 Å². The molecular formula is C10H14N4O3S. The third kappa shape index (κ3) is 2.53. The number of nitrogens with two attached hydrogens (primary N) is 1. The topological polar surface area (TPSA) is 102 Å². The zero-order chi connectivity index (χ0) is 13.3. The third-order valence-corrected chi connectivity index (χ3v) is 3.56. The first-order valence-corrected chi connectivity index (χ1v) is 7.34. The van der Waals surface area contributed by atoms with Crippen LogP contribution in [0.4, 0.5) is 11.4 Å². The Balaban J connectivity index is 2.31. The Labute approximate surface area is 104 Å². The molecular weight excluding hydrogens is 256 g/mol. The molecule has 1 heterocycles. The molecule has 0 aliphatic heterocycles. The summed E-state index contributed by atoms with van der Waals surface area (Å²) in [5.41, 5.74) is 7.97. The monoisotopic (exact) mass is 270 g/mol. The molecule has 0 aliphatic carbocycles. The first-order valence-electron chi connectivity index (χ1n) is 5.28. The molecule has 0 aliphatic rings. The maximum absolute atomic E-state index is 11.1. The largest absolute Gasteiger partial charge is 0.397 e. The van der Waals surface area contributed by atoms with Gasteiger partial charge in [-0.15, -0.1) is 0 Å². The lowest BCUT2D eigenvalue weighted by Crippen LogP contribution is -2.25. The van der Waals surface area contributed by atoms with Crippen LogP contribution in [0.25, 0.3) is 11.0 Å². The lowest BCUT2D eigenvalue weighted by molar-refractivity contribution is 0.315. The molecule has 2 aromatic rings. The van der Waals surface area contributed by atoms with E-state index >= 15 is 0 Å². The summed E-state index contributed by atoms with van der Waals surface area (Å²) in [5.74, 6) is 0.0701. The van der Waals surface area contributed by atoms with Gasteiger partial charge in [-0.25, -0.2) is 13.0 Å². The van der Waals surface area contributed by atoms with Crippen LogP contribution < -0.4 is 10.6 Å². The summed E-state index contributed by atoms with van der Waals surface area (Å²) in [6.07, 6.45) is 1.21. The fourth-order valence-corrected chi connectivity index (χ4v) is 2.21. The summed E-state index contributed by atoms with van der Waals surface area (Å²) in [6.45, 7) is 0.366. The molecule has 0 radical (unpaired) electrons. The first-order chi connectivity index (χ1) is 8.38. The molecule has 0 unspecified atom stereocenters. The number of nitrogens with zero attached hydrogens (tertiary/aromatic N) is 3. The number of aromatic nitrogens is 2. The minimum atomic E-state index is -3.00. The molecule has 2 rings (SSSR count). The highest BCUT2D eigenvalue weighted by molar-refractivity contribution is 7.90. The summed E-state index contributed by atoms with van der Waals surface area (Å²) >= 11 is 0. The van der Waals surface area contributed by atoms with Crippen molar-refractivity contribution in [2.24, 2.45) is 0 Å². The molecule has 0 saturated carbocycles. The molecule has 1 aromatic carbocycles. The van der Waals surface area contributed by atoms with Crippen LogP contribution in [0, 0.1) is 0 Å². The highest BCUT2D eigenvalue weighted by atomic mass is 32.2. The van der Waals surface area contributed by atoms with Gasteiger partial charge >= 0.3 is 0 Å². The normalized spacial score (nSPS) is 11.9. The Morgan fingerprint density at radius 3 is 2.67 bits per heavy atom. The van der Waals surface area contributed by atoms with Crippen LogP contribution in [0.5, 0.6) is 0 Å². The standard InChI is InChI=1S/C10H14N4O3S/c1-14(5-6-18(2,15)16)8-4-3-7(11)9-10(8)13-17-12-9/h3-4H,5-6,11H2,1-2H3. The second-order valence-corrected chi connectivity index (χ2v) is 6.45. The van der Waals surface area contributed by atoms with E-state index in [-0.39, 0.29) is 5.75 Å². The van der Waals surface area contributed by atoms with Gasteiger partial charge in [0.05, 0.1) is 17.1 Å². The third-order valence-electron chi connectivity index (χ3n) is 2.63. The first kappa shape index (κ1) is 12.6. The number of benzene rings is 1. The Kier molecular flexibility index (Phi) is 3.12. The summed E-state index contributed by atoms with van der Waals surface area (Å²) in [5, 5.41) is 7.50. The summed E-state index contributed by atoms with van der Waals surface area (Å²) in [6, 6.07) is 3.46. The fourth-order valence-electron chi connectivity index (χ4n) is 1.60. The van der Waals surface area contributed by atoms with Gasteiger partial charge in [-0.3, -0.25) is 0 Å². The molecule has 7 nitrogen and oxygen atoms in total. The van der Waals surface area contributed by atoms with Crippen molar-refractivity contribution >= 4 is 32.2 Å². The number of anilines is 2. The van der Waals surface area contributed by atoms with E-state index < -0.39 is 9.84 Å². The summed E-state index contributed by atoms with van der Waals surface area (Å²) < 4.78 is 26.9. The number of nitrogen functional groups attached to an aromatic ring is 1. The average molecular weight is 270 g/mol. The maximum Gasteiger partial charge on any atom is 0.160 e. The molecule has 0 atom stereocenters. The lowest BCUT2D eigenvalue weighted by Gasteiger charge is -2.18. The van der Waals surface area contributed by atoms with Crippen molar-refractivity contribution in [1.82, 2.24) is 10.3 Å². The van der Waals surface area contributed by atoms with E-state index in [0.717, 1.165) is 5.69 Å². The van der Waals surface area contributed by atoms with Gasteiger partial charge in [0.2, 0.25) is 0 Å². The van der Waals surface area contributed by atoms with Crippen LogP contribution in [0.2, 0.25) is 0 Å². The fraction of sp³-hybridized carbons (Fsp3) is 0.400. The van der Waals surface area contributed by atoms with Gasteiger partial charge in [0, 0.05) is 19.8 Å². The van der Waals surface area contributed by atoms with Crippen molar-refractivity contribution in [3.63, 3.8) is 0 Å². The van der Waals surface area contributed by atoms with Crippen LogP contribution in [0.15, 0.2) is 16.8 Å². The predicted molar refractivity (Wildman–Crippen MR) is 69.2 cm³/mol. The Morgan fingerprint density at radius 1 is 1.33 bits per heavy atom. The van der Waals surface area contributed by atoms with Crippen LogP contribution >= 0.6 is 0 Å². The van der Waals surface area contributed by atoms with E-state index in [1.165, 1.54) is 6.26 Å². The molecule has 8 heteroatoms. The Bertz CT molecular complexity index is 665. The number of fused-ring (bicyclic) bond motifs is 1. The average Bonchev–Trinajstić information content (AvgIpc) is 2.75. The Morgan fingerprint density at radius 2 is 2.00 bits per heavy atom. The van der Waals surface area contributed by atoms with Gasteiger partial charge in [-0.2, -0.15) is 0 Å². The quantitative estimate of drug-likeness (QED) is 0.796. The number of sulfone groups is 1. The van der Waals surface area contributed by atoms with Crippen LogP contribution in [0.1, 0.15) is 0 Å². The molecule has 1 aromatic heterocycles. The van der Waals surface area contributed by atoms with E-state index in [4.69, 9.17) is 5.73 Å². The van der Waals surface area contributed by atoms with Gasteiger partial charge < -0.3 is 10.6 Å². The summed E-state index contributed by atoms with van der Waals surface area (Å²) in [7, 11) is -1.22. The highest BCUT2D eigenvalue weighted by Crippen LogP contribution is 2.27. The number of hydrogen-bond donors (Lipinski definition) is 1. The van der Waals surface area contributed by atoms with Gasteiger partial charge in [-0.1, -0.05) is 0 Å². The predicted octanol–water partition coefficient (Wildman–Crippen LogP) is 0.286. The molecule has 0 amide bonds. The number of hydrogen-bond acceptors (Lipinski definition) is 7. The van der Waals surface area contributed by atoms with Crippen LogP contribution in [-0.2, 0) is 9.84 Å². The van der Waals surface area contributed by atoms with Crippen molar-refractivity contribution in [1.29, 1.82) is 0 Å². The molecule has 18 heavy (non-hydrogen) atoms. The van der Waals surface area contributed by atoms with E-state index in [0.29, 0.717) is 23.3 Å². The van der Waals surface area contributed by atoms with Gasteiger partial charge in [0.15, 0.2) is 11.0 Å². The molecule has 0 spiro atoms. The molecule has 0 bridgehead atoms. The second kappa shape index (κ2) is 4.45. The number of rotatable bonds is 4. The van der Waals surface area contributed by atoms with Crippen molar-refractivity contribution in [2.45, 2.75) is 0 Å². The van der Waals surface area contributed by atoms with E-state index in [1.807, 2.05) is 0 Å². The molecule has 98 valence electrons. The molecule has 0 saturated heterocycles. The Hall–Kier alpha value is -1.83. The van der Waals surface area contributed by atoms with Crippen molar-refractivity contribution in [3.8, 4) is 0 Å². The maximum atomic E-state index is 11.1. The summed E-state index contributed by atoms with van der Waals surface area (Å²) in [4.78, 5) is 1.78. The van der Waals surface area contributed by atoms with Gasteiger partial charge in [0.25, 0.3) is 0 Å². The van der Waals surface area contributed by atoms with Crippen molar-refractivity contribution < 1.29 is 13.0 Å². The van der Waals surface area contributed by atoms with E-state index in [9.17, 15) is 8.42 Å². The smallest absolute Gasteiger partial charge is 0.160 e. The van der Waals surface area contributed by atoms with Crippen LogP contribution in [0.3, 0.4) is 0 Å². The minimum absolute atomic E-state index is 0.0701. The van der Waals surface area contributed by atoms with E-state index in [2.05, 4.69) is 14.9 Å². The molecule has 2 N–H and O–H groups in total. The zero-order valence-electron chi connectivity index (χ0n) is 10.1. The van der Waals surface area contributed by atoms with E-state index in [1.54, 1.807) is 24.1 Å². The van der Waals surface area contributed by atoms with Crippen molar-refractivity contribution in [3.05, 3.63) is 12.1 Å². The zero-order valence-corrected chi connectivity index (χ0v) is 10.9. The lowest BCUT2D eigenvalue weighted by atomic mass is 10.2. The van der Waals surface area contributed by atoms with Gasteiger partial charge in [-0.05, 0) is 22.4 Å². The highest BCUT2D eigenvalue weighted by Gasteiger charge is 2.14. The SMILES string of the molecule is CN(CCS(C)(=O)=O)c1ccc(N)c2nonc12. The second-order valence-electron chi connectivity index (χ2n) is 4.19. The van der Waals surface area contributed by atoms with Gasteiger partial charge in [0.1, 0.15) is 9.84 Å². The van der Waals surface area contributed by atoms with Crippen LogP contribution in [-0.4, -0.2) is 44.3 Å². The minimum Gasteiger partial charge on any atom is -0.397 e. The molecule has 0 fully saturated rings.